The second-order valence-corrected chi connectivity index (χ2v) is 8.18. The zero-order valence-corrected chi connectivity index (χ0v) is 17.1. The molecule has 2 aromatic heterocycles. The predicted octanol–water partition coefficient (Wildman–Crippen LogP) is 1.53. The first-order valence-electron chi connectivity index (χ1n) is 10.3. The molecule has 2 aliphatic heterocycles. The van der Waals surface area contributed by atoms with Crippen molar-refractivity contribution in [2.45, 2.75) is 32.6 Å². The van der Waals surface area contributed by atoms with Crippen LogP contribution in [-0.2, 0) is 23.1 Å². The topological polar surface area (TPSA) is 84.2 Å². The lowest BCUT2D eigenvalue weighted by molar-refractivity contribution is -0.139. The Hall–Kier alpha value is -2.77. The Morgan fingerprint density at radius 3 is 2.41 bits per heavy atom. The molecule has 0 N–H and O–H groups in total. The second-order valence-electron chi connectivity index (χ2n) is 8.18. The van der Waals surface area contributed by atoms with Crippen LogP contribution in [0.2, 0.25) is 0 Å². The van der Waals surface area contributed by atoms with Crippen molar-refractivity contribution in [2.24, 2.45) is 18.9 Å². The highest BCUT2D eigenvalue weighted by molar-refractivity contribution is 5.80. The highest BCUT2D eigenvalue weighted by Crippen LogP contribution is 2.26. The minimum atomic E-state index is 0.0567. The van der Waals surface area contributed by atoms with Gasteiger partial charge in [-0.05, 0) is 31.6 Å². The summed E-state index contributed by atoms with van der Waals surface area (Å²) in [4.78, 5) is 41.6. The van der Waals surface area contributed by atoms with Crippen LogP contribution in [0.5, 0.6) is 0 Å². The van der Waals surface area contributed by atoms with E-state index >= 15 is 0 Å². The molecule has 4 rings (SSSR count). The van der Waals surface area contributed by atoms with Crippen molar-refractivity contribution in [3.05, 3.63) is 30.5 Å². The predicted molar refractivity (Wildman–Crippen MR) is 108 cm³/mol. The summed E-state index contributed by atoms with van der Waals surface area (Å²) in [6.45, 7) is 4.59. The van der Waals surface area contributed by atoms with Gasteiger partial charge in [0.25, 0.3) is 0 Å². The molecule has 8 nitrogen and oxygen atoms in total. The van der Waals surface area contributed by atoms with Gasteiger partial charge in [-0.2, -0.15) is 0 Å². The molecular weight excluding hydrogens is 368 g/mol. The number of amides is 2. The van der Waals surface area contributed by atoms with Crippen LogP contribution in [0, 0.1) is 11.8 Å². The quantitative estimate of drug-likeness (QED) is 0.782. The van der Waals surface area contributed by atoms with Crippen LogP contribution < -0.4 is 0 Å². The van der Waals surface area contributed by atoms with Gasteiger partial charge in [0.2, 0.25) is 11.8 Å². The van der Waals surface area contributed by atoms with E-state index in [1.807, 2.05) is 33.8 Å². The van der Waals surface area contributed by atoms with Gasteiger partial charge in [0.15, 0.2) is 5.82 Å². The van der Waals surface area contributed by atoms with E-state index in [9.17, 15) is 9.59 Å². The Labute approximate surface area is 171 Å². The van der Waals surface area contributed by atoms with Crippen LogP contribution in [0.1, 0.15) is 31.9 Å². The van der Waals surface area contributed by atoms with Crippen molar-refractivity contribution in [1.29, 1.82) is 0 Å². The lowest BCUT2D eigenvalue weighted by Crippen LogP contribution is -2.43. The average molecular weight is 396 g/mol. The maximum absolute atomic E-state index is 12.9. The fourth-order valence-corrected chi connectivity index (χ4v) is 4.38. The fourth-order valence-electron chi connectivity index (χ4n) is 4.38. The smallest absolute Gasteiger partial charge is 0.225 e. The zero-order valence-electron chi connectivity index (χ0n) is 17.1. The van der Waals surface area contributed by atoms with Gasteiger partial charge in [-0.1, -0.05) is 0 Å². The monoisotopic (exact) mass is 396 g/mol. The number of imidazole rings is 1. The Morgan fingerprint density at radius 2 is 1.79 bits per heavy atom. The summed E-state index contributed by atoms with van der Waals surface area (Å²) in [6.07, 6.45) is 10.6. The van der Waals surface area contributed by atoms with Gasteiger partial charge >= 0.3 is 0 Å². The maximum atomic E-state index is 12.9. The third-order valence-corrected chi connectivity index (χ3v) is 6.14. The first-order chi connectivity index (χ1) is 14.0. The van der Waals surface area contributed by atoms with E-state index in [-0.39, 0.29) is 17.7 Å². The third kappa shape index (κ3) is 4.31. The Morgan fingerprint density at radius 1 is 1.03 bits per heavy atom. The van der Waals surface area contributed by atoms with Gasteiger partial charge in [-0.3, -0.25) is 14.6 Å². The number of nitrogens with zero attached hydrogens (tertiary/aromatic N) is 6. The molecule has 0 bridgehead atoms. The molecule has 8 heteroatoms. The number of piperidine rings is 1. The molecule has 2 aromatic rings. The number of hydrogen-bond acceptors (Lipinski definition) is 5. The average Bonchev–Trinajstić information content (AvgIpc) is 3.37. The Kier molecular flexibility index (Phi) is 5.60. The summed E-state index contributed by atoms with van der Waals surface area (Å²) in [5.74, 6) is 1.64. The number of carbonyl (C=O) groups is 2. The fraction of sp³-hybridized carbons (Fsp3) is 0.571. The van der Waals surface area contributed by atoms with E-state index in [0.29, 0.717) is 19.0 Å². The molecule has 2 fully saturated rings. The van der Waals surface area contributed by atoms with Crippen molar-refractivity contribution in [3.8, 4) is 11.5 Å². The van der Waals surface area contributed by atoms with E-state index in [1.54, 1.807) is 19.3 Å². The van der Waals surface area contributed by atoms with Gasteiger partial charge in [-0.15, -0.1) is 0 Å². The summed E-state index contributed by atoms with van der Waals surface area (Å²) in [7, 11) is 1.94. The lowest BCUT2D eigenvalue weighted by atomic mass is 9.95. The van der Waals surface area contributed by atoms with Crippen LogP contribution in [-0.4, -0.2) is 67.3 Å². The van der Waals surface area contributed by atoms with Crippen LogP contribution in [0.15, 0.2) is 24.8 Å². The molecule has 154 valence electrons. The molecule has 0 aromatic carbocycles. The number of rotatable bonds is 4. The van der Waals surface area contributed by atoms with E-state index in [2.05, 4.69) is 15.0 Å². The number of likely N-dealkylation sites (tertiary alicyclic amines) is 2. The maximum Gasteiger partial charge on any atom is 0.225 e. The van der Waals surface area contributed by atoms with Gasteiger partial charge in [-0.25, -0.2) is 9.97 Å². The lowest BCUT2D eigenvalue weighted by Gasteiger charge is -2.32. The largest absolute Gasteiger partial charge is 0.343 e. The Balaban J connectivity index is 1.29. The van der Waals surface area contributed by atoms with E-state index < -0.39 is 0 Å². The standard InChI is InChI=1S/C21H28N6O2/c1-15(28)26-8-4-17(5-9-26)21(29)27-7-3-16(14-27)11-18-12-24-19(13-23-18)20-22-6-10-25(20)2/h6,10,12-13,16-17H,3-5,7-9,11,14H2,1-2H3. The van der Waals surface area contributed by atoms with Crippen LogP contribution in [0.25, 0.3) is 11.5 Å². The van der Waals surface area contributed by atoms with Gasteiger partial charge in [0.1, 0.15) is 5.69 Å². The summed E-state index contributed by atoms with van der Waals surface area (Å²) >= 11 is 0. The highest BCUT2D eigenvalue weighted by Gasteiger charge is 2.33. The molecule has 0 spiro atoms. The molecule has 2 amide bonds. The van der Waals surface area contributed by atoms with Crippen molar-refractivity contribution in [3.63, 3.8) is 0 Å². The molecule has 0 aliphatic carbocycles. The zero-order chi connectivity index (χ0) is 20.4. The SMILES string of the molecule is CC(=O)N1CCC(C(=O)N2CCC(Cc3cnc(-c4nccn4C)cn3)C2)CC1. The van der Waals surface area contributed by atoms with Crippen molar-refractivity contribution < 1.29 is 9.59 Å². The van der Waals surface area contributed by atoms with E-state index in [0.717, 1.165) is 56.0 Å². The second kappa shape index (κ2) is 8.31. The van der Waals surface area contributed by atoms with Crippen molar-refractivity contribution >= 4 is 11.8 Å². The molecule has 2 saturated heterocycles. The van der Waals surface area contributed by atoms with E-state index in [4.69, 9.17) is 0 Å². The third-order valence-electron chi connectivity index (χ3n) is 6.14. The molecule has 4 heterocycles. The van der Waals surface area contributed by atoms with Crippen LogP contribution >= 0.6 is 0 Å². The first-order valence-corrected chi connectivity index (χ1v) is 10.3. The first kappa shape index (κ1) is 19.5. The molecule has 0 radical (unpaired) electrons. The van der Waals surface area contributed by atoms with Crippen molar-refractivity contribution in [2.75, 3.05) is 26.2 Å². The Bertz CT molecular complexity index is 870. The molecule has 1 atom stereocenters. The normalized spacial score (nSPS) is 20.3. The highest BCUT2D eigenvalue weighted by atomic mass is 16.2. The molecular formula is C21H28N6O2. The summed E-state index contributed by atoms with van der Waals surface area (Å²) < 4.78 is 1.92. The molecule has 0 saturated carbocycles. The molecule has 1 unspecified atom stereocenters. The number of aryl methyl sites for hydroxylation is 1. The molecule has 2 aliphatic rings. The summed E-state index contributed by atoms with van der Waals surface area (Å²) in [5.41, 5.74) is 1.72. The van der Waals surface area contributed by atoms with Crippen LogP contribution in [0.4, 0.5) is 0 Å². The summed E-state index contributed by atoms with van der Waals surface area (Å²) in [6, 6.07) is 0. The number of hydrogen-bond donors (Lipinski definition) is 0. The minimum absolute atomic E-state index is 0.0567. The number of aromatic nitrogens is 4. The molecule has 29 heavy (non-hydrogen) atoms. The van der Waals surface area contributed by atoms with Gasteiger partial charge in [0, 0.05) is 64.7 Å². The number of carbonyl (C=O) groups excluding carboxylic acids is 2. The van der Waals surface area contributed by atoms with Gasteiger partial charge < -0.3 is 14.4 Å². The minimum Gasteiger partial charge on any atom is -0.343 e. The summed E-state index contributed by atoms with van der Waals surface area (Å²) in [5, 5.41) is 0. The van der Waals surface area contributed by atoms with E-state index in [1.165, 1.54) is 0 Å². The van der Waals surface area contributed by atoms with Crippen molar-refractivity contribution in [1.82, 2.24) is 29.3 Å². The van der Waals surface area contributed by atoms with Gasteiger partial charge in [0.05, 0.1) is 11.9 Å². The van der Waals surface area contributed by atoms with Crippen LogP contribution in [0.3, 0.4) is 0 Å².